The smallest absolute Gasteiger partial charge is 0.251 e. The van der Waals surface area contributed by atoms with E-state index >= 15 is 0 Å². The highest BCUT2D eigenvalue weighted by Crippen LogP contribution is 2.20. The summed E-state index contributed by atoms with van der Waals surface area (Å²) in [6.45, 7) is 0.964. The molecule has 0 saturated heterocycles. The summed E-state index contributed by atoms with van der Waals surface area (Å²) in [6.07, 6.45) is 3.07. The Labute approximate surface area is 111 Å². The van der Waals surface area contributed by atoms with E-state index in [2.05, 4.69) is 5.10 Å². The number of carbonyl (C=O) groups excluding carboxylic acids is 1. The number of primary amides is 1. The Morgan fingerprint density at radius 2 is 2.26 bits per heavy atom. The van der Waals surface area contributed by atoms with E-state index < -0.39 is 5.91 Å². The number of ether oxygens (including phenoxy) is 1. The number of carbonyl (C=O) groups is 1. The first-order valence-electron chi connectivity index (χ1n) is 5.82. The Hall–Kier alpha value is -2.34. The van der Waals surface area contributed by atoms with E-state index in [-0.39, 0.29) is 0 Å². The standard InChI is InChI=1S/C13H16N4O2/c1-19-12-4-9(2-3-10(12)5-14)7-17-8-11(6-16-17)13(15)18/h2-4,6,8H,5,7,14H2,1H3,(H2,15,18). The van der Waals surface area contributed by atoms with Gasteiger partial charge in [-0.05, 0) is 11.6 Å². The molecule has 0 radical (unpaired) electrons. The number of amides is 1. The predicted molar refractivity (Wildman–Crippen MR) is 70.7 cm³/mol. The molecule has 6 nitrogen and oxygen atoms in total. The first-order chi connectivity index (χ1) is 9.13. The highest BCUT2D eigenvalue weighted by Gasteiger charge is 2.06. The largest absolute Gasteiger partial charge is 0.496 e. The fourth-order valence-corrected chi connectivity index (χ4v) is 1.82. The summed E-state index contributed by atoms with van der Waals surface area (Å²) in [5.41, 5.74) is 13.1. The van der Waals surface area contributed by atoms with Crippen LogP contribution in [0.2, 0.25) is 0 Å². The summed E-state index contributed by atoms with van der Waals surface area (Å²) in [5, 5.41) is 4.08. The molecule has 1 aromatic heterocycles. The minimum absolute atomic E-state index is 0.394. The molecule has 0 unspecified atom stereocenters. The molecule has 100 valence electrons. The number of nitrogens with zero attached hydrogens (tertiary/aromatic N) is 2. The van der Waals surface area contributed by atoms with Gasteiger partial charge in [-0.1, -0.05) is 12.1 Å². The first-order valence-corrected chi connectivity index (χ1v) is 5.82. The highest BCUT2D eigenvalue weighted by atomic mass is 16.5. The Balaban J connectivity index is 2.20. The van der Waals surface area contributed by atoms with E-state index in [1.54, 1.807) is 18.0 Å². The van der Waals surface area contributed by atoms with Crippen molar-refractivity contribution in [2.45, 2.75) is 13.1 Å². The van der Waals surface area contributed by atoms with Crippen LogP contribution in [0, 0.1) is 0 Å². The van der Waals surface area contributed by atoms with Crippen LogP contribution in [-0.2, 0) is 13.1 Å². The summed E-state index contributed by atoms with van der Waals surface area (Å²) in [6, 6.07) is 5.79. The van der Waals surface area contributed by atoms with Gasteiger partial charge in [-0.25, -0.2) is 0 Å². The van der Waals surface area contributed by atoms with Crippen LogP contribution in [0.1, 0.15) is 21.5 Å². The second-order valence-corrected chi connectivity index (χ2v) is 4.14. The van der Waals surface area contributed by atoms with Gasteiger partial charge in [0.25, 0.3) is 5.91 Å². The van der Waals surface area contributed by atoms with Gasteiger partial charge in [0.2, 0.25) is 0 Å². The van der Waals surface area contributed by atoms with Crippen molar-refractivity contribution in [3.8, 4) is 5.75 Å². The molecule has 0 aliphatic rings. The van der Waals surface area contributed by atoms with Crippen molar-refractivity contribution in [2.75, 3.05) is 7.11 Å². The SMILES string of the molecule is COc1cc(Cn2cc(C(N)=O)cn2)ccc1CN. The Bertz CT molecular complexity index is 592. The van der Waals surface area contributed by atoms with Crippen LogP contribution in [0.3, 0.4) is 0 Å². The van der Waals surface area contributed by atoms with Gasteiger partial charge in [0, 0.05) is 18.3 Å². The summed E-state index contributed by atoms with van der Waals surface area (Å²) >= 11 is 0. The lowest BCUT2D eigenvalue weighted by Crippen LogP contribution is -2.09. The first kappa shape index (κ1) is 13.1. The van der Waals surface area contributed by atoms with Gasteiger partial charge in [-0.2, -0.15) is 5.10 Å². The molecule has 19 heavy (non-hydrogen) atoms. The number of nitrogens with two attached hydrogens (primary N) is 2. The number of rotatable bonds is 5. The fourth-order valence-electron chi connectivity index (χ4n) is 1.82. The highest BCUT2D eigenvalue weighted by molar-refractivity contribution is 5.92. The minimum Gasteiger partial charge on any atom is -0.496 e. The van der Waals surface area contributed by atoms with Crippen LogP contribution < -0.4 is 16.2 Å². The zero-order valence-corrected chi connectivity index (χ0v) is 10.7. The molecule has 0 aliphatic carbocycles. The van der Waals surface area contributed by atoms with Gasteiger partial charge in [0.15, 0.2) is 0 Å². The molecule has 1 heterocycles. The molecule has 0 spiro atoms. The predicted octanol–water partition coefficient (Wildman–Crippen LogP) is 0.498. The van der Waals surface area contributed by atoms with E-state index in [1.807, 2.05) is 18.2 Å². The lowest BCUT2D eigenvalue weighted by atomic mass is 10.1. The molecule has 0 saturated carbocycles. The topological polar surface area (TPSA) is 96.2 Å². The molecule has 1 aromatic carbocycles. The molecular weight excluding hydrogens is 244 g/mol. The molecule has 2 rings (SSSR count). The second-order valence-electron chi connectivity index (χ2n) is 4.14. The Kier molecular flexibility index (Phi) is 3.82. The van der Waals surface area contributed by atoms with E-state index in [0.717, 1.165) is 16.9 Å². The number of benzene rings is 1. The van der Waals surface area contributed by atoms with Gasteiger partial charge in [0.1, 0.15) is 5.75 Å². The van der Waals surface area contributed by atoms with Crippen molar-refractivity contribution in [1.82, 2.24) is 9.78 Å². The number of aromatic nitrogens is 2. The van der Waals surface area contributed by atoms with Crippen molar-refractivity contribution < 1.29 is 9.53 Å². The summed E-state index contributed by atoms with van der Waals surface area (Å²) in [5.74, 6) is 0.268. The van der Waals surface area contributed by atoms with Gasteiger partial charge < -0.3 is 16.2 Å². The second kappa shape index (κ2) is 5.53. The Morgan fingerprint density at radius 3 is 2.84 bits per heavy atom. The maximum absolute atomic E-state index is 11.0. The average Bonchev–Trinajstić information content (AvgIpc) is 2.87. The number of hydrogen-bond donors (Lipinski definition) is 2. The maximum atomic E-state index is 11.0. The van der Waals surface area contributed by atoms with Gasteiger partial charge in [-0.15, -0.1) is 0 Å². The van der Waals surface area contributed by atoms with Crippen LogP contribution >= 0.6 is 0 Å². The molecule has 4 N–H and O–H groups in total. The van der Waals surface area contributed by atoms with Crippen molar-refractivity contribution in [3.05, 3.63) is 47.3 Å². The molecule has 6 heteroatoms. The molecule has 1 amide bonds. The van der Waals surface area contributed by atoms with E-state index in [4.69, 9.17) is 16.2 Å². The van der Waals surface area contributed by atoms with E-state index in [9.17, 15) is 4.79 Å². The van der Waals surface area contributed by atoms with E-state index in [0.29, 0.717) is 18.7 Å². The molecule has 0 bridgehead atoms. The third kappa shape index (κ3) is 2.92. The average molecular weight is 260 g/mol. The third-order valence-electron chi connectivity index (χ3n) is 2.83. The van der Waals surface area contributed by atoms with Gasteiger partial charge in [-0.3, -0.25) is 9.48 Å². The summed E-state index contributed by atoms with van der Waals surface area (Å²) in [7, 11) is 1.61. The maximum Gasteiger partial charge on any atom is 0.251 e. The Morgan fingerprint density at radius 1 is 1.47 bits per heavy atom. The molecular formula is C13H16N4O2. The van der Waals surface area contributed by atoms with Crippen molar-refractivity contribution in [1.29, 1.82) is 0 Å². The van der Waals surface area contributed by atoms with Gasteiger partial charge in [0.05, 0.1) is 25.4 Å². The van der Waals surface area contributed by atoms with Crippen LogP contribution in [0.4, 0.5) is 0 Å². The lowest BCUT2D eigenvalue weighted by Gasteiger charge is -2.09. The zero-order chi connectivity index (χ0) is 13.8. The van der Waals surface area contributed by atoms with Crippen LogP contribution in [0.5, 0.6) is 5.75 Å². The van der Waals surface area contributed by atoms with E-state index in [1.165, 1.54) is 6.20 Å². The van der Waals surface area contributed by atoms with Crippen molar-refractivity contribution >= 4 is 5.91 Å². The fraction of sp³-hybridized carbons (Fsp3) is 0.231. The molecule has 0 aliphatic heterocycles. The quantitative estimate of drug-likeness (QED) is 0.818. The van der Waals surface area contributed by atoms with Crippen LogP contribution in [0.15, 0.2) is 30.6 Å². The van der Waals surface area contributed by atoms with Gasteiger partial charge >= 0.3 is 0 Å². The summed E-state index contributed by atoms with van der Waals surface area (Å²) < 4.78 is 6.92. The number of methoxy groups -OCH3 is 1. The minimum atomic E-state index is -0.484. The van der Waals surface area contributed by atoms with Crippen LogP contribution in [-0.4, -0.2) is 22.8 Å². The lowest BCUT2D eigenvalue weighted by molar-refractivity contribution is 0.1000. The molecule has 0 fully saturated rings. The molecule has 2 aromatic rings. The van der Waals surface area contributed by atoms with Crippen LogP contribution in [0.25, 0.3) is 0 Å². The monoisotopic (exact) mass is 260 g/mol. The zero-order valence-electron chi connectivity index (χ0n) is 10.7. The summed E-state index contributed by atoms with van der Waals surface area (Å²) in [4.78, 5) is 11.0. The normalized spacial score (nSPS) is 10.4. The molecule has 0 atom stereocenters. The van der Waals surface area contributed by atoms with Crippen molar-refractivity contribution in [3.63, 3.8) is 0 Å². The van der Waals surface area contributed by atoms with Crippen molar-refractivity contribution in [2.24, 2.45) is 11.5 Å². The number of hydrogen-bond acceptors (Lipinski definition) is 4. The third-order valence-corrected chi connectivity index (χ3v) is 2.83.